The first-order valence-electron chi connectivity index (χ1n) is 5.98. The first kappa shape index (κ1) is 14.7. The van der Waals surface area contributed by atoms with Crippen molar-refractivity contribution in [3.05, 3.63) is 46.5 Å². The maximum absolute atomic E-state index is 12.1. The third-order valence-electron chi connectivity index (χ3n) is 2.74. The molecule has 0 fully saturated rings. The molecule has 0 radical (unpaired) electrons. The number of carbonyl (C=O) groups is 1. The summed E-state index contributed by atoms with van der Waals surface area (Å²) in [5.74, 6) is -0.247. The van der Waals surface area contributed by atoms with Gasteiger partial charge in [0.2, 0.25) is 0 Å². The molecule has 0 saturated heterocycles. The number of benzene rings is 1. The highest BCUT2D eigenvalue weighted by Gasteiger charge is 2.13. The van der Waals surface area contributed by atoms with Crippen molar-refractivity contribution in [2.45, 2.75) is 19.5 Å². The van der Waals surface area contributed by atoms with Gasteiger partial charge in [-0.05, 0) is 19.1 Å². The summed E-state index contributed by atoms with van der Waals surface area (Å²) in [5.41, 5.74) is 6.36. The van der Waals surface area contributed by atoms with Crippen molar-refractivity contribution in [3.63, 3.8) is 0 Å². The monoisotopic (exact) mass is 312 g/mol. The maximum Gasteiger partial charge on any atom is 0.251 e. The minimum Gasteiger partial charge on any atom is -0.397 e. The van der Waals surface area contributed by atoms with Crippen LogP contribution in [0.3, 0.4) is 0 Å². The number of amides is 1. The van der Waals surface area contributed by atoms with E-state index in [-0.39, 0.29) is 27.7 Å². The molecule has 0 aliphatic carbocycles. The van der Waals surface area contributed by atoms with Gasteiger partial charge in [-0.3, -0.25) is 4.79 Å². The molecule has 5 nitrogen and oxygen atoms in total. The Balaban J connectivity index is 2.04. The molecule has 20 heavy (non-hydrogen) atoms. The van der Waals surface area contributed by atoms with Crippen LogP contribution < -0.4 is 11.1 Å². The van der Waals surface area contributed by atoms with E-state index in [2.05, 4.69) is 10.3 Å². The van der Waals surface area contributed by atoms with Crippen LogP contribution in [0.4, 0.5) is 5.69 Å². The Morgan fingerprint density at radius 1 is 1.50 bits per heavy atom. The van der Waals surface area contributed by atoms with E-state index in [1.807, 2.05) is 17.7 Å². The van der Waals surface area contributed by atoms with E-state index in [4.69, 9.17) is 28.9 Å². The van der Waals surface area contributed by atoms with Crippen LogP contribution in [0.1, 0.15) is 17.3 Å². The van der Waals surface area contributed by atoms with Crippen molar-refractivity contribution in [1.82, 2.24) is 14.9 Å². The number of anilines is 1. The third-order valence-corrected chi connectivity index (χ3v) is 3.56. The minimum absolute atomic E-state index is 0.0626. The van der Waals surface area contributed by atoms with Gasteiger partial charge in [-0.15, -0.1) is 0 Å². The summed E-state index contributed by atoms with van der Waals surface area (Å²) in [6.07, 6.45) is 5.22. The fourth-order valence-corrected chi connectivity index (χ4v) is 2.14. The molecule has 1 amide bonds. The number of aromatic nitrogens is 2. The van der Waals surface area contributed by atoms with Gasteiger partial charge in [0.15, 0.2) is 0 Å². The smallest absolute Gasteiger partial charge is 0.251 e. The number of halogens is 2. The molecule has 0 aliphatic heterocycles. The second kappa shape index (κ2) is 6.15. The lowest BCUT2D eigenvalue weighted by Crippen LogP contribution is -2.35. The van der Waals surface area contributed by atoms with E-state index in [9.17, 15) is 4.79 Å². The SMILES string of the molecule is CC(Cn1ccnc1)NC(=O)c1cc(N)c(Cl)c(Cl)c1. The summed E-state index contributed by atoms with van der Waals surface area (Å²) < 4.78 is 1.88. The van der Waals surface area contributed by atoms with Gasteiger partial charge in [0.05, 0.1) is 22.1 Å². The van der Waals surface area contributed by atoms with Crippen LogP contribution in [-0.4, -0.2) is 21.5 Å². The lowest BCUT2D eigenvalue weighted by Gasteiger charge is -2.15. The summed E-state index contributed by atoms with van der Waals surface area (Å²) in [5, 5.41) is 3.39. The minimum atomic E-state index is -0.247. The molecule has 1 heterocycles. The van der Waals surface area contributed by atoms with E-state index in [1.165, 1.54) is 12.1 Å². The number of hydrogen-bond donors (Lipinski definition) is 2. The molecule has 0 spiro atoms. The van der Waals surface area contributed by atoms with Crippen molar-refractivity contribution in [3.8, 4) is 0 Å². The van der Waals surface area contributed by atoms with E-state index in [0.29, 0.717) is 12.1 Å². The molecule has 0 bridgehead atoms. The van der Waals surface area contributed by atoms with E-state index in [1.54, 1.807) is 12.5 Å². The van der Waals surface area contributed by atoms with Crippen LogP contribution in [0.2, 0.25) is 10.0 Å². The number of nitrogens with two attached hydrogens (primary N) is 1. The molecule has 1 aromatic heterocycles. The number of carbonyl (C=O) groups excluding carboxylic acids is 1. The van der Waals surface area contributed by atoms with Crippen molar-refractivity contribution in [2.24, 2.45) is 0 Å². The van der Waals surface area contributed by atoms with Crippen LogP contribution >= 0.6 is 23.2 Å². The number of nitrogens with one attached hydrogen (secondary N) is 1. The van der Waals surface area contributed by atoms with Gasteiger partial charge < -0.3 is 15.6 Å². The Kier molecular flexibility index (Phi) is 4.52. The van der Waals surface area contributed by atoms with Gasteiger partial charge in [0, 0.05) is 30.5 Å². The van der Waals surface area contributed by atoms with Gasteiger partial charge >= 0.3 is 0 Å². The Morgan fingerprint density at radius 2 is 2.25 bits per heavy atom. The van der Waals surface area contributed by atoms with Gasteiger partial charge in [-0.25, -0.2) is 4.98 Å². The molecular formula is C13H14Cl2N4O. The zero-order chi connectivity index (χ0) is 14.7. The summed E-state index contributed by atoms with van der Waals surface area (Å²) in [6, 6.07) is 2.94. The van der Waals surface area contributed by atoms with Gasteiger partial charge in [0.1, 0.15) is 0 Å². The molecule has 2 rings (SSSR count). The van der Waals surface area contributed by atoms with Crippen LogP contribution in [-0.2, 0) is 6.54 Å². The average Bonchev–Trinajstić information content (AvgIpc) is 2.87. The highest BCUT2D eigenvalue weighted by Crippen LogP contribution is 2.29. The first-order valence-corrected chi connectivity index (χ1v) is 6.74. The zero-order valence-corrected chi connectivity index (χ0v) is 12.3. The standard InChI is InChI=1S/C13H14Cl2N4O/c1-8(6-19-3-2-17-7-19)18-13(20)9-4-10(14)12(15)11(16)5-9/h2-5,7-8H,6,16H2,1H3,(H,18,20). The molecule has 7 heteroatoms. The maximum atomic E-state index is 12.1. The van der Waals surface area contributed by atoms with E-state index < -0.39 is 0 Å². The van der Waals surface area contributed by atoms with Crippen LogP contribution in [0.5, 0.6) is 0 Å². The number of nitrogen functional groups attached to an aromatic ring is 1. The molecular weight excluding hydrogens is 299 g/mol. The van der Waals surface area contributed by atoms with Crippen molar-refractivity contribution in [2.75, 3.05) is 5.73 Å². The molecule has 0 aliphatic rings. The first-order chi connectivity index (χ1) is 9.47. The summed E-state index contributed by atoms with van der Waals surface area (Å²) >= 11 is 11.8. The molecule has 2 aromatic rings. The van der Waals surface area contributed by atoms with Gasteiger partial charge in [-0.2, -0.15) is 0 Å². The summed E-state index contributed by atoms with van der Waals surface area (Å²) in [6.45, 7) is 2.53. The fourth-order valence-electron chi connectivity index (χ4n) is 1.81. The number of hydrogen-bond acceptors (Lipinski definition) is 3. The average molecular weight is 313 g/mol. The molecule has 1 unspecified atom stereocenters. The lowest BCUT2D eigenvalue weighted by atomic mass is 10.1. The van der Waals surface area contributed by atoms with Crippen LogP contribution in [0, 0.1) is 0 Å². The van der Waals surface area contributed by atoms with E-state index in [0.717, 1.165) is 0 Å². The lowest BCUT2D eigenvalue weighted by molar-refractivity contribution is 0.0937. The van der Waals surface area contributed by atoms with Crippen LogP contribution in [0.25, 0.3) is 0 Å². The quantitative estimate of drug-likeness (QED) is 0.852. The summed E-state index contributed by atoms with van der Waals surface area (Å²) in [7, 11) is 0. The molecule has 106 valence electrons. The van der Waals surface area contributed by atoms with Crippen LogP contribution in [0.15, 0.2) is 30.9 Å². The second-order valence-electron chi connectivity index (χ2n) is 4.50. The molecule has 1 atom stereocenters. The second-order valence-corrected chi connectivity index (χ2v) is 5.28. The Labute approximate surface area is 126 Å². The van der Waals surface area contributed by atoms with Crippen molar-refractivity contribution < 1.29 is 4.79 Å². The largest absolute Gasteiger partial charge is 0.397 e. The predicted molar refractivity (Wildman–Crippen MR) is 80.0 cm³/mol. The number of rotatable bonds is 4. The molecule has 0 saturated carbocycles. The zero-order valence-electron chi connectivity index (χ0n) is 10.8. The third kappa shape index (κ3) is 3.43. The van der Waals surface area contributed by atoms with Crippen molar-refractivity contribution >= 4 is 34.8 Å². The van der Waals surface area contributed by atoms with E-state index >= 15 is 0 Å². The fraction of sp³-hybridized carbons (Fsp3) is 0.231. The number of imidazole rings is 1. The predicted octanol–water partition coefficient (Wildman–Crippen LogP) is 2.59. The highest BCUT2D eigenvalue weighted by molar-refractivity contribution is 6.43. The Morgan fingerprint density at radius 3 is 2.85 bits per heavy atom. The van der Waals surface area contributed by atoms with Gasteiger partial charge in [0.25, 0.3) is 5.91 Å². The normalized spacial score (nSPS) is 12.2. The Bertz CT molecular complexity index is 590. The summed E-state index contributed by atoms with van der Waals surface area (Å²) in [4.78, 5) is 16.1. The highest BCUT2D eigenvalue weighted by atomic mass is 35.5. The molecule has 1 aromatic carbocycles. The number of nitrogens with zero attached hydrogens (tertiary/aromatic N) is 2. The molecule has 3 N–H and O–H groups in total. The van der Waals surface area contributed by atoms with Gasteiger partial charge in [-0.1, -0.05) is 23.2 Å². The topological polar surface area (TPSA) is 72.9 Å². The van der Waals surface area contributed by atoms with Crippen molar-refractivity contribution in [1.29, 1.82) is 0 Å². The Hall–Kier alpha value is -1.72.